The van der Waals surface area contributed by atoms with E-state index < -0.39 is 0 Å². The second-order valence-electron chi connectivity index (χ2n) is 6.85. The quantitative estimate of drug-likeness (QED) is 0.466. The van der Waals surface area contributed by atoms with E-state index in [1.54, 1.807) is 12.8 Å². The Morgan fingerprint density at radius 2 is 1.31 bits per heavy atom. The van der Waals surface area contributed by atoms with Crippen LogP contribution < -0.4 is 0 Å². The lowest BCUT2D eigenvalue weighted by Crippen LogP contribution is -2.23. The monoisotopic (exact) mass is 224 g/mol. The molecule has 0 aromatic rings. The Morgan fingerprint density at radius 3 is 1.88 bits per heavy atom. The Morgan fingerprint density at radius 1 is 0.750 bits per heavy atom. The van der Waals surface area contributed by atoms with Crippen molar-refractivity contribution in [2.45, 2.75) is 79.1 Å². The minimum atomic E-state index is 0.903. The highest BCUT2D eigenvalue weighted by atomic mass is 14.3. The fourth-order valence-electron chi connectivity index (χ4n) is 2.90. The molecule has 0 amide bonds. The van der Waals surface area contributed by atoms with Gasteiger partial charge < -0.3 is 0 Å². The Balaban J connectivity index is 1.88. The predicted octanol–water partition coefficient (Wildman–Crippen LogP) is 5.67. The van der Waals surface area contributed by atoms with E-state index in [4.69, 9.17) is 0 Å². The van der Waals surface area contributed by atoms with E-state index in [9.17, 15) is 0 Å². The van der Waals surface area contributed by atoms with Crippen molar-refractivity contribution >= 4 is 0 Å². The molecular formula is C16H32. The summed E-state index contributed by atoms with van der Waals surface area (Å²) in [4.78, 5) is 0. The van der Waals surface area contributed by atoms with Gasteiger partial charge in [-0.05, 0) is 36.5 Å². The molecule has 0 aromatic carbocycles. The third-order valence-corrected chi connectivity index (χ3v) is 4.13. The van der Waals surface area contributed by atoms with Crippen LogP contribution in [0, 0.1) is 23.7 Å². The summed E-state index contributed by atoms with van der Waals surface area (Å²) in [6.07, 6.45) is 12.0. The highest BCUT2D eigenvalue weighted by Gasteiger charge is 2.27. The average Bonchev–Trinajstić information content (AvgIpc) is 2.12. The van der Waals surface area contributed by atoms with Crippen molar-refractivity contribution in [3.05, 3.63) is 0 Å². The van der Waals surface area contributed by atoms with E-state index in [0.29, 0.717) is 0 Å². The maximum absolute atomic E-state index is 2.35. The van der Waals surface area contributed by atoms with Crippen LogP contribution in [0.2, 0.25) is 0 Å². The molecule has 1 fully saturated rings. The van der Waals surface area contributed by atoms with Gasteiger partial charge in [-0.1, -0.05) is 66.2 Å². The van der Waals surface area contributed by atoms with Crippen LogP contribution in [0.3, 0.4) is 0 Å². The maximum atomic E-state index is 2.35. The number of hydrogen-bond acceptors (Lipinski definition) is 0. The Hall–Kier alpha value is 0. The Bertz CT molecular complexity index is 160. The molecule has 0 aromatic heterocycles. The molecule has 1 rings (SSSR count). The van der Waals surface area contributed by atoms with E-state index >= 15 is 0 Å². The van der Waals surface area contributed by atoms with Gasteiger partial charge in [0.2, 0.25) is 0 Å². The van der Waals surface area contributed by atoms with Crippen LogP contribution in [0.15, 0.2) is 0 Å². The lowest BCUT2D eigenvalue weighted by Gasteiger charge is -2.36. The lowest BCUT2D eigenvalue weighted by molar-refractivity contribution is 0.159. The summed E-state index contributed by atoms with van der Waals surface area (Å²) in [5, 5.41) is 0. The van der Waals surface area contributed by atoms with Gasteiger partial charge in [0, 0.05) is 0 Å². The van der Waals surface area contributed by atoms with Gasteiger partial charge in [-0.15, -0.1) is 0 Å². The van der Waals surface area contributed by atoms with Crippen molar-refractivity contribution in [2.75, 3.05) is 0 Å². The third kappa shape index (κ3) is 5.92. The SMILES string of the molecule is CC(C)CCCCC1CC(CCC(C)C)C1. The molecule has 0 saturated heterocycles. The van der Waals surface area contributed by atoms with Crippen molar-refractivity contribution in [2.24, 2.45) is 23.7 Å². The molecule has 0 bridgehead atoms. The van der Waals surface area contributed by atoms with Gasteiger partial charge in [-0.2, -0.15) is 0 Å². The summed E-state index contributed by atoms with van der Waals surface area (Å²) < 4.78 is 0. The molecule has 96 valence electrons. The largest absolute Gasteiger partial charge is 0.0628 e. The molecule has 0 N–H and O–H groups in total. The standard InChI is InChI=1S/C16H32/c1-13(2)7-5-6-8-15-11-16(12-15)10-9-14(3)4/h13-16H,5-12H2,1-4H3. The summed E-state index contributed by atoms with van der Waals surface area (Å²) in [6, 6.07) is 0. The van der Waals surface area contributed by atoms with Crippen LogP contribution in [0.1, 0.15) is 79.1 Å². The normalized spacial score (nSPS) is 25.1. The van der Waals surface area contributed by atoms with Crippen LogP contribution >= 0.6 is 0 Å². The Labute approximate surface area is 103 Å². The fourth-order valence-corrected chi connectivity index (χ4v) is 2.90. The van der Waals surface area contributed by atoms with Crippen molar-refractivity contribution in [3.8, 4) is 0 Å². The number of rotatable bonds is 8. The first-order valence-electron chi connectivity index (χ1n) is 7.58. The molecule has 0 nitrogen and oxygen atoms in total. The topological polar surface area (TPSA) is 0 Å². The van der Waals surface area contributed by atoms with Crippen molar-refractivity contribution < 1.29 is 0 Å². The zero-order valence-corrected chi connectivity index (χ0v) is 12.0. The van der Waals surface area contributed by atoms with E-state index in [0.717, 1.165) is 23.7 Å². The predicted molar refractivity (Wildman–Crippen MR) is 73.6 cm³/mol. The summed E-state index contributed by atoms with van der Waals surface area (Å²) in [7, 11) is 0. The highest BCUT2D eigenvalue weighted by molar-refractivity contribution is 4.79. The number of unbranched alkanes of at least 4 members (excludes halogenated alkanes) is 1. The van der Waals surface area contributed by atoms with Gasteiger partial charge in [0.15, 0.2) is 0 Å². The fraction of sp³-hybridized carbons (Fsp3) is 1.00. The summed E-state index contributed by atoms with van der Waals surface area (Å²) in [5.74, 6) is 4.01. The molecular weight excluding hydrogens is 192 g/mol. The highest BCUT2D eigenvalue weighted by Crippen LogP contribution is 2.40. The molecule has 1 saturated carbocycles. The van der Waals surface area contributed by atoms with Crippen LogP contribution in [-0.2, 0) is 0 Å². The van der Waals surface area contributed by atoms with E-state index in [2.05, 4.69) is 27.7 Å². The first-order valence-corrected chi connectivity index (χ1v) is 7.58. The molecule has 0 atom stereocenters. The molecule has 0 radical (unpaired) electrons. The minimum absolute atomic E-state index is 0.903. The lowest BCUT2D eigenvalue weighted by atomic mass is 9.70. The van der Waals surface area contributed by atoms with Gasteiger partial charge in [0.25, 0.3) is 0 Å². The van der Waals surface area contributed by atoms with Crippen LogP contribution in [-0.4, -0.2) is 0 Å². The van der Waals surface area contributed by atoms with E-state index in [1.807, 2.05) is 0 Å². The minimum Gasteiger partial charge on any atom is -0.0628 e. The van der Waals surface area contributed by atoms with Crippen molar-refractivity contribution in [3.63, 3.8) is 0 Å². The van der Waals surface area contributed by atoms with E-state index in [1.165, 1.54) is 38.5 Å². The zero-order valence-electron chi connectivity index (χ0n) is 12.0. The molecule has 16 heavy (non-hydrogen) atoms. The zero-order chi connectivity index (χ0) is 12.0. The number of hydrogen-bond donors (Lipinski definition) is 0. The third-order valence-electron chi connectivity index (χ3n) is 4.13. The van der Waals surface area contributed by atoms with Gasteiger partial charge in [-0.3, -0.25) is 0 Å². The molecule has 0 aliphatic heterocycles. The molecule has 1 aliphatic carbocycles. The van der Waals surface area contributed by atoms with Crippen LogP contribution in [0.5, 0.6) is 0 Å². The maximum Gasteiger partial charge on any atom is -0.0409 e. The van der Waals surface area contributed by atoms with Crippen LogP contribution in [0.4, 0.5) is 0 Å². The van der Waals surface area contributed by atoms with Crippen molar-refractivity contribution in [1.82, 2.24) is 0 Å². The van der Waals surface area contributed by atoms with Crippen LogP contribution in [0.25, 0.3) is 0 Å². The Kier molecular flexibility index (Phi) is 6.46. The summed E-state index contributed by atoms with van der Waals surface area (Å²) in [6.45, 7) is 9.38. The van der Waals surface area contributed by atoms with Crippen molar-refractivity contribution in [1.29, 1.82) is 0 Å². The molecule has 0 unspecified atom stereocenters. The van der Waals surface area contributed by atoms with Gasteiger partial charge in [-0.25, -0.2) is 0 Å². The van der Waals surface area contributed by atoms with Gasteiger partial charge >= 0.3 is 0 Å². The summed E-state index contributed by atoms with van der Waals surface area (Å²) in [5.41, 5.74) is 0. The second-order valence-corrected chi connectivity index (χ2v) is 6.85. The molecule has 1 aliphatic rings. The average molecular weight is 224 g/mol. The smallest absolute Gasteiger partial charge is 0.0409 e. The van der Waals surface area contributed by atoms with E-state index in [-0.39, 0.29) is 0 Å². The first kappa shape index (κ1) is 14.1. The van der Waals surface area contributed by atoms with Gasteiger partial charge in [0.1, 0.15) is 0 Å². The molecule has 0 heterocycles. The first-order chi connectivity index (χ1) is 7.58. The second kappa shape index (κ2) is 7.35. The molecule has 0 spiro atoms. The van der Waals surface area contributed by atoms with Gasteiger partial charge in [0.05, 0.1) is 0 Å². The summed E-state index contributed by atoms with van der Waals surface area (Å²) >= 11 is 0. The molecule has 0 heteroatoms.